The van der Waals surface area contributed by atoms with Crippen LogP contribution >= 0.6 is 23.2 Å². The van der Waals surface area contributed by atoms with E-state index in [1.165, 1.54) is 7.11 Å². The highest BCUT2D eigenvalue weighted by molar-refractivity contribution is 6.35. The number of carbonyl (C=O) groups excluding carboxylic acids is 1. The van der Waals surface area contributed by atoms with Gasteiger partial charge in [0.15, 0.2) is 0 Å². The molecular formula is C12H15Cl2NO2. The fourth-order valence-electron chi connectivity index (χ4n) is 1.46. The molecule has 1 unspecified atom stereocenters. The van der Waals surface area contributed by atoms with Crippen molar-refractivity contribution in [3.8, 4) is 0 Å². The van der Waals surface area contributed by atoms with Gasteiger partial charge in [-0.25, -0.2) is 4.79 Å². The molecule has 0 aliphatic heterocycles. The molecule has 0 amide bonds. The lowest BCUT2D eigenvalue weighted by molar-refractivity contribution is -0.143. The molecule has 3 nitrogen and oxygen atoms in total. The Morgan fingerprint density at radius 1 is 1.47 bits per heavy atom. The van der Waals surface area contributed by atoms with Crippen LogP contribution in [0.1, 0.15) is 24.9 Å². The first-order valence-electron chi connectivity index (χ1n) is 5.36. The Kier molecular flexibility index (Phi) is 5.75. The smallest absolute Gasteiger partial charge is 0.327 e. The van der Waals surface area contributed by atoms with Gasteiger partial charge in [-0.2, -0.15) is 0 Å². The SMILES string of the molecule is CCCNC(C(=O)OC)c1ccc(Cl)cc1Cl. The van der Waals surface area contributed by atoms with Gasteiger partial charge in [0.25, 0.3) is 0 Å². The van der Waals surface area contributed by atoms with E-state index >= 15 is 0 Å². The predicted octanol–water partition coefficient (Wildman–Crippen LogP) is 3.21. The summed E-state index contributed by atoms with van der Waals surface area (Å²) in [5, 5.41) is 4.09. The van der Waals surface area contributed by atoms with Crippen molar-refractivity contribution in [3.63, 3.8) is 0 Å². The molecule has 1 aromatic carbocycles. The topological polar surface area (TPSA) is 38.3 Å². The predicted molar refractivity (Wildman–Crippen MR) is 69.5 cm³/mol. The molecule has 0 radical (unpaired) electrons. The molecule has 1 N–H and O–H groups in total. The number of nitrogens with one attached hydrogen (secondary N) is 1. The third kappa shape index (κ3) is 3.87. The number of methoxy groups -OCH3 is 1. The lowest BCUT2D eigenvalue weighted by atomic mass is 10.1. The summed E-state index contributed by atoms with van der Waals surface area (Å²) in [6, 6.07) is 4.49. The second-order valence-electron chi connectivity index (χ2n) is 3.58. The van der Waals surface area contributed by atoms with Crippen molar-refractivity contribution in [1.29, 1.82) is 0 Å². The Balaban J connectivity index is 2.99. The first kappa shape index (κ1) is 14.3. The number of esters is 1. The van der Waals surface area contributed by atoms with Crippen molar-refractivity contribution < 1.29 is 9.53 Å². The summed E-state index contributed by atoms with van der Waals surface area (Å²) in [6.45, 7) is 2.73. The van der Waals surface area contributed by atoms with Crippen LogP contribution in [0.25, 0.3) is 0 Å². The summed E-state index contributed by atoms with van der Waals surface area (Å²) in [4.78, 5) is 11.7. The van der Waals surface area contributed by atoms with Crippen molar-refractivity contribution in [3.05, 3.63) is 33.8 Å². The normalized spacial score (nSPS) is 12.2. The zero-order valence-electron chi connectivity index (χ0n) is 9.80. The molecule has 0 saturated heterocycles. The molecule has 0 aliphatic rings. The molecule has 17 heavy (non-hydrogen) atoms. The maximum absolute atomic E-state index is 11.7. The summed E-state index contributed by atoms with van der Waals surface area (Å²) < 4.78 is 4.76. The van der Waals surface area contributed by atoms with Crippen molar-refractivity contribution in [2.45, 2.75) is 19.4 Å². The quantitative estimate of drug-likeness (QED) is 0.839. The molecule has 1 atom stereocenters. The Morgan fingerprint density at radius 3 is 2.71 bits per heavy atom. The number of ether oxygens (including phenoxy) is 1. The molecule has 0 aromatic heterocycles. The molecule has 1 rings (SSSR count). The minimum atomic E-state index is -0.551. The zero-order chi connectivity index (χ0) is 12.8. The minimum Gasteiger partial charge on any atom is -0.468 e. The third-order valence-corrected chi connectivity index (χ3v) is 2.87. The van der Waals surface area contributed by atoms with Gasteiger partial charge in [0.1, 0.15) is 6.04 Å². The van der Waals surface area contributed by atoms with E-state index in [4.69, 9.17) is 27.9 Å². The van der Waals surface area contributed by atoms with E-state index in [9.17, 15) is 4.79 Å². The summed E-state index contributed by atoms with van der Waals surface area (Å²) in [6.07, 6.45) is 0.915. The van der Waals surface area contributed by atoms with Crippen molar-refractivity contribution in [1.82, 2.24) is 5.32 Å². The monoisotopic (exact) mass is 275 g/mol. The van der Waals surface area contributed by atoms with E-state index in [1.54, 1.807) is 18.2 Å². The second-order valence-corrected chi connectivity index (χ2v) is 4.42. The Labute approximate surface area is 111 Å². The van der Waals surface area contributed by atoms with Crippen LogP contribution < -0.4 is 5.32 Å². The van der Waals surface area contributed by atoms with Crippen LogP contribution in [-0.4, -0.2) is 19.6 Å². The van der Waals surface area contributed by atoms with Crippen LogP contribution in [0.4, 0.5) is 0 Å². The average Bonchev–Trinajstić information content (AvgIpc) is 2.31. The summed E-state index contributed by atoms with van der Waals surface area (Å²) in [7, 11) is 1.35. The molecule has 0 saturated carbocycles. The second kappa shape index (κ2) is 6.84. The van der Waals surface area contributed by atoms with Crippen molar-refractivity contribution >= 4 is 29.2 Å². The van der Waals surface area contributed by atoms with E-state index in [2.05, 4.69) is 5.32 Å². The highest BCUT2D eigenvalue weighted by Gasteiger charge is 2.22. The first-order valence-corrected chi connectivity index (χ1v) is 6.12. The lowest BCUT2D eigenvalue weighted by Crippen LogP contribution is -2.30. The van der Waals surface area contributed by atoms with Gasteiger partial charge >= 0.3 is 5.97 Å². The fourth-order valence-corrected chi connectivity index (χ4v) is 1.98. The number of hydrogen-bond donors (Lipinski definition) is 1. The molecule has 0 fully saturated rings. The Hall–Kier alpha value is -0.770. The van der Waals surface area contributed by atoms with E-state index in [0.29, 0.717) is 22.2 Å². The van der Waals surface area contributed by atoms with E-state index in [1.807, 2.05) is 6.92 Å². The van der Waals surface area contributed by atoms with Gasteiger partial charge in [-0.1, -0.05) is 36.2 Å². The van der Waals surface area contributed by atoms with Crippen molar-refractivity contribution in [2.75, 3.05) is 13.7 Å². The number of benzene rings is 1. The average molecular weight is 276 g/mol. The Bertz CT molecular complexity index is 396. The van der Waals surface area contributed by atoms with Crippen molar-refractivity contribution in [2.24, 2.45) is 0 Å². The summed E-state index contributed by atoms with van der Waals surface area (Å²) in [5.41, 5.74) is 0.677. The molecule has 1 aromatic rings. The van der Waals surface area contributed by atoms with Crippen LogP contribution in [0, 0.1) is 0 Å². The maximum atomic E-state index is 11.7. The highest BCUT2D eigenvalue weighted by atomic mass is 35.5. The van der Waals surface area contributed by atoms with Crippen LogP contribution in [-0.2, 0) is 9.53 Å². The minimum absolute atomic E-state index is 0.359. The van der Waals surface area contributed by atoms with Gasteiger partial charge < -0.3 is 10.1 Å². The van der Waals surface area contributed by atoms with Gasteiger partial charge in [0, 0.05) is 10.0 Å². The standard InChI is InChI=1S/C12H15Cl2NO2/c1-3-6-15-11(12(16)17-2)9-5-4-8(13)7-10(9)14/h4-5,7,11,15H,3,6H2,1-2H3. The van der Waals surface area contributed by atoms with Crippen LogP contribution in [0.5, 0.6) is 0 Å². The third-order valence-electron chi connectivity index (χ3n) is 2.31. The molecule has 0 spiro atoms. The molecule has 0 heterocycles. The Morgan fingerprint density at radius 2 is 2.18 bits per heavy atom. The molecule has 94 valence electrons. The van der Waals surface area contributed by atoms with E-state index in [-0.39, 0.29) is 5.97 Å². The van der Waals surface area contributed by atoms with Crippen LogP contribution in [0.2, 0.25) is 10.0 Å². The highest BCUT2D eigenvalue weighted by Crippen LogP contribution is 2.27. The lowest BCUT2D eigenvalue weighted by Gasteiger charge is -2.17. The van der Waals surface area contributed by atoms with Gasteiger partial charge in [0.05, 0.1) is 7.11 Å². The molecule has 0 bridgehead atoms. The molecule has 0 aliphatic carbocycles. The van der Waals surface area contributed by atoms with Gasteiger partial charge in [-0.05, 0) is 30.7 Å². The van der Waals surface area contributed by atoms with Gasteiger partial charge in [-0.15, -0.1) is 0 Å². The molecular weight excluding hydrogens is 261 g/mol. The summed E-state index contributed by atoms with van der Waals surface area (Å²) >= 11 is 11.9. The number of hydrogen-bond acceptors (Lipinski definition) is 3. The van der Waals surface area contributed by atoms with Gasteiger partial charge in [-0.3, -0.25) is 0 Å². The van der Waals surface area contributed by atoms with Gasteiger partial charge in [0.2, 0.25) is 0 Å². The summed E-state index contributed by atoms with van der Waals surface area (Å²) in [5.74, 6) is -0.359. The van der Waals surface area contributed by atoms with Crippen LogP contribution in [0.3, 0.4) is 0 Å². The number of carbonyl (C=O) groups is 1. The first-order chi connectivity index (χ1) is 8.10. The van der Waals surface area contributed by atoms with E-state index in [0.717, 1.165) is 6.42 Å². The number of halogens is 2. The molecule has 5 heteroatoms. The number of rotatable bonds is 5. The van der Waals surface area contributed by atoms with Crippen LogP contribution in [0.15, 0.2) is 18.2 Å². The zero-order valence-corrected chi connectivity index (χ0v) is 11.3. The fraction of sp³-hybridized carbons (Fsp3) is 0.417. The maximum Gasteiger partial charge on any atom is 0.327 e. The largest absolute Gasteiger partial charge is 0.468 e. The van der Waals surface area contributed by atoms with E-state index < -0.39 is 6.04 Å².